The zero-order valence-corrected chi connectivity index (χ0v) is 9.00. The van der Waals surface area contributed by atoms with Gasteiger partial charge in [0.05, 0.1) is 18.7 Å². The van der Waals surface area contributed by atoms with E-state index in [-0.39, 0.29) is 0 Å². The zero-order chi connectivity index (χ0) is 11.2. The van der Waals surface area contributed by atoms with Crippen molar-refractivity contribution in [1.82, 2.24) is 0 Å². The van der Waals surface area contributed by atoms with Crippen molar-refractivity contribution in [2.75, 3.05) is 0 Å². The summed E-state index contributed by atoms with van der Waals surface area (Å²) in [6.07, 6.45) is 4.91. The average molecular weight is 212 g/mol. The van der Waals surface area contributed by atoms with Gasteiger partial charge in [0.25, 0.3) is 0 Å². The van der Waals surface area contributed by atoms with Crippen LogP contribution in [0.2, 0.25) is 0 Å². The van der Waals surface area contributed by atoms with Gasteiger partial charge >= 0.3 is 0 Å². The number of hydrogen-bond donors (Lipinski definition) is 0. The highest BCUT2D eigenvalue weighted by atomic mass is 16.3. The number of rotatable bonds is 3. The van der Waals surface area contributed by atoms with Crippen LogP contribution in [0.15, 0.2) is 57.3 Å². The number of hydrogen-bond acceptors (Lipinski definition) is 3. The van der Waals surface area contributed by atoms with Crippen LogP contribution in [0.5, 0.6) is 0 Å². The van der Waals surface area contributed by atoms with E-state index in [9.17, 15) is 0 Å². The van der Waals surface area contributed by atoms with Crippen LogP contribution in [0, 0.1) is 6.92 Å². The second kappa shape index (κ2) is 5.07. The Kier molecular flexibility index (Phi) is 3.28. The SMILES string of the molecule is Cc1ccccc1/C=N/N=C\c1ccco1. The van der Waals surface area contributed by atoms with E-state index in [1.165, 1.54) is 5.56 Å². The third kappa shape index (κ3) is 2.67. The molecule has 0 fully saturated rings. The molecule has 0 N–H and O–H groups in total. The van der Waals surface area contributed by atoms with Crippen molar-refractivity contribution in [2.45, 2.75) is 6.92 Å². The number of benzene rings is 1. The fraction of sp³-hybridized carbons (Fsp3) is 0.0769. The van der Waals surface area contributed by atoms with Gasteiger partial charge in [-0.1, -0.05) is 24.3 Å². The standard InChI is InChI=1S/C13H12N2O/c1-11-5-2-3-6-12(11)9-14-15-10-13-7-4-8-16-13/h2-10H,1H3/b14-9+,15-10-. The minimum atomic E-state index is 0.696. The fourth-order valence-electron chi connectivity index (χ4n) is 1.28. The molecule has 0 saturated carbocycles. The Morgan fingerprint density at radius 2 is 1.81 bits per heavy atom. The first-order valence-corrected chi connectivity index (χ1v) is 5.02. The Bertz CT molecular complexity index is 498. The number of furan rings is 1. The summed E-state index contributed by atoms with van der Waals surface area (Å²) < 4.78 is 5.09. The van der Waals surface area contributed by atoms with Crippen LogP contribution in [0.4, 0.5) is 0 Å². The van der Waals surface area contributed by atoms with Crippen LogP contribution < -0.4 is 0 Å². The molecule has 0 bridgehead atoms. The molecule has 80 valence electrons. The van der Waals surface area contributed by atoms with Gasteiger partial charge in [-0.05, 0) is 30.2 Å². The van der Waals surface area contributed by atoms with Gasteiger partial charge in [-0.2, -0.15) is 10.2 Å². The van der Waals surface area contributed by atoms with Crippen LogP contribution in [-0.2, 0) is 0 Å². The molecule has 1 aromatic carbocycles. The van der Waals surface area contributed by atoms with E-state index in [2.05, 4.69) is 10.2 Å². The quantitative estimate of drug-likeness (QED) is 0.569. The van der Waals surface area contributed by atoms with Crippen LogP contribution >= 0.6 is 0 Å². The molecular weight excluding hydrogens is 200 g/mol. The van der Waals surface area contributed by atoms with Gasteiger partial charge in [-0.25, -0.2) is 0 Å². The molecule has 0 saturated heterocycles. The molecule has 0 radical (unpaired) electrons. The topological polar surface area (TPSA) is 37.9 Å². The van der Waals surface area contributed by atoms with Gasteiger partial charge in [0, 0.05) is 0 Å². The molecule has 0 aliphatic carbocycles. The normalized spacial score (nSPS) is 11.6. The Morgan fingerprint density at radius 1 is 1.00 bits per heavy atom. The molecule has 0 unspecified atom stereocenters. The lowest BCUT2D eigenvalue weighted by molar-refractivity contribution is 0.560. The first-order chi connectivity index (χ1) is 7.86. The monoisotopic (exact) mass is 212 g/mol. The molecule has 0 aliphatic rings. The van der Waals surface area contributed by atoms with Gasteiger partial charge in [-0.3, -0.25) is 0 Å². The third-order valence-electron chi connectivity index (χ3n) is 2.18. The van der Waals surface area contributed by atoms with Crippen molar-refractivity contribution in [3.05, 3.63) is 59.5 Å². The van der Waals surface area contributed by atoms with Crippen molar-refractivity contribution in [3.8, 4) is 0 Å². The van der Waals surface area contributed by atoms with E-state index in [4.69, 9.17) is 4.42 Å². The molecule has 3 heteroatoms. The Balaban J connectivity index is 2.03. The summed E-state index contributed by atoms with van der Waals surface area (Å²) in [5, 5.41) is 7.86. The molecule has 2 aromatic rings. The first kappa shape index (κ1) is 10.4. The molecule has 16 heavy (non-hydrogen) atoms. The van der Waals surface area contributed by atoms with Gasteiger partial charge in [0.2, 0.25) is 0 Å². The molecule has 0 amide bonds. The van der Waals surface area contributed by atoms with Crippen molar-refractivity contribution in [1.29, 1.82) is 0 Å². The predicted octanol–water partition coefficient (Wildman–Crippen LogP) is 3.04. The molecule has 0 atom stereocenters. The Morgan fingerprint density at radius 3 is 2.56 bits per heavy atom. The van der Waals surface area contributed by atoms with Crippen LogP contribution in [-0.4, -0.2) is 12.4 Å². The first-order valence-electron chi connectivity index (χ1n) is 5.02. The van der Waals surface area contributed by atoms with E-state index in [0.29, 0.717) is 5.76 Å². The van der Waals surface area contributed by atoms with E-state index >= 15 is 0 Å². The lowest BCUT2D eigenvalue weighted by Gasteiger charge is -1.95. The Labute approximate surface area is 94.1 Å². The van der Waals surface area contributed by atoms with Crippen molar-refractivity contribution >= 4 is 12.4 Å². The van der Waals surface area contributed by atoms with Gasteiger partial charge in [-0.15, -0.1) is 0 Å². The summed E-state index contributed by atoms with van der Waals surface area (Å²) in [5.74, 6) is 0.696. The van der Waals surface area contributed by atoms with E-state index in [1.807, 2.05) is 43.3 Å². The Hall–Kier alpha value is -2.16. The molecule has 0 aliphatic heterocycles. The molecule has 0 spiro atoms. The van der Waals surface area contributed by atoms with E-state index in [1.54, 1.807) is 18.7 Å². The summed E-state index contributed by atoms with van der Waals surface area (Å²) in [4.78, 5) is 0. The van der Waals surface area contributed by atoms with Gasteiger partial charge in [0.1, 0.15) is 5.76 Å². The van der Waals surface area contributed by atoms with Crippen LogP contribution in [0.25, 0.3) is 0 Å². The lowest BCUT2D eigenvalue weighted by Crippen LogP contribution is -1.84. The summed E-state index contributed by atoms with van der Waals surface area (Å²) in [7, 11) is 0. The number of nitrogens with zero attached hydrogens (tertiary/aromatic N) is 2. The maximum absolute atomic E-state index is 5.09. The second-order valence-electron chi connectivity index (χ2n) is 3.36. The highest BCUT2D eigenvalue weighted by molar-refractivity contribution is 5.82. The molecule has 3 nitrogen and oxygen atoms in total. The summed E-state index contributed by atoms with van der Waals surface area (Å²) in [6.45, 7) is 2.04. The largest absolute Gasteiger partial charge is 0.463 e. The van der Waals surface area contributed by atoms with Gasteiger partial charge < -0.3 is 4.42 Å². The maximum atomic E-state index is 5.09. The van der Waals surface area contributed by atoms with E-state index in [0.717, 1.165) is 5.56 Å². The fourth-order valence-corrected chi connectivity index (χ4v) is 1.28. The summed E-state index contributed by atoms with van der Waals surface area (Å²) in [5.41, 5.74) is 2.25. The summed E-state index contributed by atoms with van der Waals surface area (Å²) in [6, 6.07) is 11.7. The maximum Gasteiger partial charge on any atom is 0.146 e. The van der Waals surface area contributed by atoms with Crippen molar-refractivity contribution in [2.24, 2.45) is 10.2 Å². The zero-order valence-electron chi connectivity index (χ0n) is 9.00. The molecule has 1 heterocycles. The average Bonchev–Trinajstić information content (AvgIpc) is 2.79. The highest BCUT2D eigenvalue weighted by Crippen LogP contribution is 2.03. The second-order valence-corrected chi connectivity index (χ2v) is 3.36. The van der Waals surface area contributed by atoms with Crippen LogP contribution in [0.3, 0.4) is 0 Å². The smallest absolute Gasteiger partial charge is 0.146 e. The molecular formula is C13H12N2O. The van der Waals surface area contributed by atoms with Gasteiger partial charge in [0.15, 0.2) is 0 Å². The minimum Gasteiger partial charge on any atom is -0.463 e. The molecule has 1 aromatic heterocycles. The van der Waals surface area contributed by atoms with Crippen molar-refractivity contribution < 1.29 is 4.42 Å². The van der Waals surface area contributed by atoms with Crippen LogP contribution in [0.1, 0.15) is 16.9 Å². The number of aryl methyl sites for hydroxylation is 1. The van der Waals surface area contributed by atoms with Crippen molar-refractivity contribution in [3.63, 3.8) is 0 Å². The minimum absolute atomic E-state index is 0.696. The molecule has 2 rings (SSSR count). The summed E-state index contributed by atoms with van der Waals surface area (Å²) >= 11 is 0. The predicted molar refractivity (Wildman–Crippen MR) is 65.1 cm³/mol. The third-order valence-corrected chi connectivity index (χ3v) is 2.18. The van der Waals surface area contributed by atoms with E-state index < -0.39 is 0 Å². The highest BCUT2D eigenvalue weighted by Gasteiger charge is 1.91. The lowest BCUT2D eigenvalue weighted by atomic mass is 10.1.